The second kappa shape index (κ2) is 5.75. The van der Waals surface area contributed by atoms with Crippen LogP contribution in [0.4, 0.5) is 4.79 Å². The minimum atomic E-state index is -0.464. The molecule has 0 atom stereocenters. The third-order valence-electron chi connectivity index (χ3n) is 2.33. The molecule has 0 unspecified atom stereocenters. The maximum absolute atomic E-state index is 11.4. The van der Waals surface area contributed by atoms with Gasteiger partial charge >= 0.3 is 6.09 Å². The monoisotopic (exact) mass is 241 g/mol. The van der Waals surface area contributed by atoms with Crippen LogP contribution in [0.15, 0.2) is 12.1 Å². The van der Waals surface area contributed by atoms with Crippen LogP contribution >= 0.6 is 11.6 Å². The fraction of sp³-hybridized carbons (Fsp3) is 0.417. The number of hydrogen-bond donors (Lipinski definition) is 1. The Kier molecular flexibility index (Phi) is 4.62. The number of carbonyl (C=O) groups excluding carboxylic acids is 1. The van der Waals surface area contributed by atoms with Gasteiger partial charge in [0.1, 0.15) is 5.75 Å². The first-order valence-electron chi connectivity index (χ1n) is 5.14. The Morgan fingerprint density at radius 2 is 2.06 bits per heavy atom. The summed E-state index contributed by atoms with van der Waals surface area (Å²) in [5.74, 6) is 0.977. The van der Waals surface area contributed by atoms with Crippen LogP contribution in [-0.4, -0.2) is 18.5 Å². The highest BCUT2D eigenvalue weighted by atomic mass is 35.5. The van der Waals surface area contributed by atoms with Gasteiger partial charge in [-0.1, -0.05) is 6.07 Å². The molecule has 0 aromatic heterocycles. The van der Waals surface area contributed by atoms with Crippen molar-refractivity contribution in [3.63, 3.8) is 0 Å². The van der Waals surface area contributed by atoms with Gasteiger partial charge in [-0.2, -0.15) is 0 Å². The van der Waals surface area contributed by atoms with Crippen molar-refractivity contribution in [1.82, 2.24) is 5.32 Å². The third kappa shape index (κ3) is 3.42. The minimum absolute atomic E-state index is 0.376. The number of benzene rings is 1. The topological polar surface area (TPSA) is 38.3 Å². The van der Waals surface area contributed by atoms with E-state index in [2.05, 4.69) is 11.4 Å². The average Bonchev–Trinajstić information content (AvgIpc) is 2.22. The molecule has 0 aliphatic rings. The van der Waals surface area contributed by atoms with Gasteiger partial charge in [-0.05, 0) is 43.5 Å². The molecular formula is C12H16ClNO2. The zero-order valence-electron chi connectivity index (χ0n) is 9.76. The van der Waals surface area contributed by atoms with Crippen molar-refractivity contribution in [1.29, 1.82) is 0 Å². The third-order valence-corrected chi connectivity index (χ3v) is 2.52. The van der Waals surface area contributed by atoms with E-state index in [-0.39, 0.29) is 0 Å². The summed E-state index contributed by atoms with van der Waals surface area (Å²) < 4.78 is 5.20. The predicted octanol–water partition coefficient (Wildman–Crippen LogP) is 2.94. The quantitative estimate of drug-likeness (QED) is 0.827. The second-order valence-corrected chi connectivity index (χ2v) is 4.09. The first-order chi connectivity index (χ1) is 7.54. The van der Waals surface area contributed by atoms with Crippen LogP contribution in [0, 0.1) is 20.8 Å². The smallest absolute Gasteiger partial charge is 0.410 e. The van der Waals surface area contributed by atoms with Gasteiger partial charge in [0, 0.05) is 12.4 Å². The molecular weight excluding hydrogens is 226 g/mol. The van der Waals surface area contributed by atoms with Crippen molar-refractivity contribution in [2.24, 2.45) is 0 Å². The van der Waals surface area contributed by atoms with Crippen molar-refractivity contribution in [3.8, 4) is 5.75 Å². The minimum Gasteiger partial charge on any atom is -0.410 e. The normalized spacial score (nSPS) is 10.0. The first kappa shape index (κ1) is 12.8. The van der Waals surface area contributed by atoms with Crippen molar-refractivity contribution in [2.45, 2.75) is 20.8 Å². The molecule has 16 heavy (non-hydrogen) atoms. The Morgan fingerprint density at radius 1 is 1.38 bits per heavy atom. The molecule has 0 saturated carbocycles. The average molecular weight is 242 g/mol. The van der Waals surface area contributed by atoms with Crippen LogP contribution < -0.4 is 10.1 Å². The number of halogens is 1. The van der Waals surface area contributed by atoms with E-state index in [1.165, 1.54) is 0 Å². The van der Waals surface area contributed by atoms with Crippen LogP contribution in [-0.2, 0) is 0 Å². The highest BCUT2D eigenvalue weighted by Gasteiger charge is 2.08. The van der Waals surface area contributed by atoms with E-state index >= 15 is 0 Å². The van der Waals surface area contributed by atoms with Crippen LogP contribution in [0.25, 0.3) is 0 Å². The number of nitrogens with one attached hydrogen (secondary N) is 1. The van der Waals surface area contributed by atoms with E-state index in [4.69, 9.17) is 16.3 Å². The van der Waals surface area contributed by atoms with Crippen molar-refractivity contribution in [2.75, 3.05) is 12.4 Å². The van der Waals surface area contributed by atoms with Crippen LogP contribution in [0.5, 0.6) is 5.75 Å². The maximum atomic E-state index is 11.4. The summed E-state index contributed by atoms with van der Waals surface area (Å²) >= 11 is 5.46. The largest absolute Gasteiger partial charge is 0.412 e. The van der Waals surface area contributed by atoms with Crippen LogP contribution in [0.3, 0.4) is 0 Å². The number of alkyl halides is 1. The van der Waals surface area contributed by atoms with Gasteiger partial charge in [-0.25, -0.2) is 4.79 Å². The van der Waals surface area contributed by atoms with Crippen molar-refractivity contribution >= 4 is 17.7 Å². The Labute approximate surface area is 101 Å². The predicted molar refractivity (Wildman–Crippen MR) is 65.4 cm³/mol. The molecule has 0 radical (unpaired) electrons. The molecule has 1 rings (SSSR count). The summed E-state index contributed by atoms with van der Waals surface area (Å²) in [5, 5.41) is 2.55. The maximum Gasteiger partial charge on any atom is 0.412 e. The molecule has 0 heterocycles. The number of ether oxygens (including phenoxy) is 1. The summed E-state index contributed by atoms with van der Waals surface area (Å²) in [4.78, 5) is 11.4. The lowest BCUT2D eigenvalue weighted by molar-refractivity contribution is 0.201. The van der Waals surface area contributed by atoms with Gasteiger partial charge in [-0.3, -0.25) is 0 Å². The van der Waals surface area contributed by atoms with Gasteiger partial charge in [0.25, 0.3) is 0 Å². The number of rotatable bonds is 3. The van der Waals surface area contributed by atoms with Gasteiger partial charge in [0.05, 0.1) is 0 Å². The number of carbonyl (C=O) groups is 1. The number of aryl methyl sites for hydroxylation is 2. The zero-order valence-corrected chi connectivity index (χ0v) is 10.5. The molecule has 1 aromatic carbocycles. The Bertz CT molecular complexity index is 391. The second-order valence-electron chi connectivity index (χ2n) is 3.71. The Balaban J connectivity index is 2.77. The van der Waals surface area contributed by atoms with E-state index in [9.17, 15) is 4.79 Å². The lowest BCUT2D eigenvalue weighted by Crippen LogP contribution is -2.28. The molecule has 4 heteroatoms. The van der Waals surface area contributed by atoms with Gasteiger partial charge in [-0.15, -0.1) is 11.6 Å². The summed E-state index contributed by atoms with van der Waals surface area (Å²) in [6.07, 6.45) is -0.464. The van der Waals surface area contributed by atoms with Crippen molar-refractivity contribution in [3.05, 3.63) is 28.8 Å². The summed E-state index contributed by atoms with van der Waals surface area (Å²) in [6, 6.07) is 3.90. The molecule has 1 N–H and O–H groups in total. The lowest BCUT2D eigenvalue weighted by atomic mass is 10.1. The molecule has 0 fully saturated rings. The van der Waals surface area contributed by atoms with Crippen LogP contribution in [0.2, 0.25) is 0 Å². The van der Waals surface area contributed by atoms with Crippen LogP contribution in [0.1, 0.15) is 16.7 Å². The van der Waals surface area contributed by atoms with Crippen molar-refractivity contribution < 1.29 is 9.53 Å². The molecule has 1 aromatic rings. The Morgan fingerprint density at radius 3 is 2.69 bits per heavy atom. The molecule has 0 bridgehead atoms. The zero-order chi connectivity index (χ0) is 12.1. The van der Waals surface area contributed by atoms with Gasteiger partial charge in [0.2, 0.25) is 0 Å². The fourth-order valence-corrected chi connectivity index (χ4v) is 1.49. The summed E-state index contributed by atoms with van der Waals surface area (Å²) in [7, 11) is 0. The van der Waals surface area contributed by atoms with Gasteiger partial charge in [0.15, 0.2) is 0 Å². The highest BCUT2D eigenvalue weighted by Crippen LogP contribution is 2.23. The van der Waals surface area contributed by atoms with E-state index in [0.717, 1.165) is 16.7 Å². The number of hydrogen-bond acceptors (Lipinski definition) is 2. The molecule has 3 nitrogen and oxygen atoms in total. The molecule has 0 spiro atoms. The molecule has 0 aliphatic heterocycles. The van der Waals surface area contributed by atoms with E-state index in [1.807, 2.05) is 26.8 Å². The highest BCUT2D eigenvalue weighted by molar-refractivity contribution is 6.18. The number of amides is 1. The Hall–Kier alpha value is -1.22. The van der Waals surface area contributed by atoms with E-state index < -0.39 is 6.09 Å². The molecule has 1 amide bonds. The standard InChI is InChI=1S/C12H16ClNO2/c1-8-6-9(2)10(3)11(7-8)16-12(15)14-5-4-13/h6-7H,4-5H2,1-3H3,(H,14,15). The van der Waals surface area contributed by atoms with E-state index in [1.54, 1.807) is 0 Å². The molecule has 0 saturated heterocycles. The molecule has 88 valence electrons. The lowest BCUT2D eigenvalue weighted by Gasteiger charge is -2.11. The SMILES string of the molecule is Cc1cc(C)c(C)c(OC(=O)NCCCl)c1. The first-order valence-corrected chi connectivity index (χ1v) is 5.67. The van der Waals surface area contributed by atoms with E-state index in [0.29, 0.717) is 18.2 Å². The van der Waals surface area contributed by atoms with Gasteiger partial charge < -0.3 is 10.1 Å². The fourth-order valence-electron chi connectivity index (χ4n) is 1.39. The summed E-state index contributed by atoms with van der Waals surface area (Å²) in [5.41, 5.74) is 3.16. The molecule has 0 aliphatic carbocycles. The summed E-state index contributed by atoms with van der Waals surface area (Å²) in [6.45, 7) is 6.30.